The van der Waals surface area contributed by atoms with E-state index in [4.69, 9.17) is 24.1 Å². The second kappa shape index (κ2) is 49.2. The van der Waals surface area contributed by atoms with Gasteiger partial charge in [-0.2, -0.15) is 0 Å². The van der Waals surface area contributed by atoms with Gasteiger partial charge in [-0.3, -0.25) is 33.6 Å². The van der Waals surface area contributed by atoms with Gasteiger partial charge in [0.2, 0.25) is 35.4 Å². The van der Waals surface area contributed by atoms with E-state index >= 15 is 0 Å². The average Bonchev–Trinajstić information content (AvgIpc) is 3.34. The van der Waals surface area contributed by atoms with E-state index in [1.54, 1.807) is 11.8 Å². The van der Waals surface area contributed by atoms with Crippen molar-refractivity contribution in [2.24, 2.45) is 0 Å². The molecule has 0 spiro atoms. The SMILES string of the molecule is CC(C)SCC(=O)NCCC[C@H](NC(=O)CSC(C)C)C(=O)NCCOCCOCCC(=O)NCCOCCOCCC(=O)NCCCC[C@H](NC(=O)CCCCCCCCCCCCCCC(=O)O)C(=O)O. The highest BCUT2D eigenvalue weighted by Gasteiger charge is 2.21. The predicted molar refractivity (Wildman–Crippen MR) is 287 cm³/mol. The number of rotatable bonds is 52. The number of unbranched alkanes of at least 4 members (excludes halogenated alkanes) is 12. The highest BCUT2D eigenvalue weighted by molar-refractivity contribution is 8.00. The van der Waals surface area contributed by atoms with E-state index in [1.165, 1.54) is 31.0 Å². The fraction of sp³-hybridized carbons (Fsp3) is 0.843. The molecule has 0 bridgehead atoms. The fourth-order valence-electron chi connectivity index (χ4n) is 6.91. The molecule has 0 saturated heterocycles. The molecule has 20 nitrogen and oxygen atoms in total. The van der Waals surface area contributed by atoms with Crippen LogP contribution in [0.25, 0.3) is 0 Å². The van der Waals surface area contributed by atoms with Crippen molar-refractivity contribution in [3.63, 3.8) is 0 Å². The second-order valence-corrected chi connectivity index (χ2v) is 21.5. The molecule has 0 radical (unpaired) electrons. The van der Waals surface area contributed by atoms with Gasteiger partial charge in [-0.15, -0.1) is 23.5 Å². The molecular formula is C51H94N6O14S2. The summed E-state index contributed by atoms with van der Waals surface area (Å²) in [6.07, 6.45) is 15.7. The first kappa shape index (κ1) is 69.3. The van der Waals surface area contributed by atoms with E-state index in [9.17, 15) is 43.5 Å². The average molecular weight is 1080 g/mol. The van der Waals surface area contributed by atoms with E-state index in [0.29, 0.717) is 69.3 Å². The lowest BCUT2D eigenvalue weighted by molar-refractivity contribution is -0.142. The van der Waals surface area contributed by atoms with Gasteiger partial charge >= 0.3 is 11.9 Å². The molecule has 0 fully saturated rings. The molecule has 0 saturated carbocycles. The molecule has 0 heterocycles. The Hall–Kier alpha value is -3.70. The first-order valence-corrected chi connectivity index (χ1v) is 28.9. The Labute approximate surface area is 444 Å². The van der Waals surface area contributed by atoms with Crippen LogP contribution in [-0.2, 0) is 57.3 Å². The van der Waals surface area contributed by atoms with Gasteiger partial charge in [0.15, 0.2) is 0 Å². The number of nitrogens with one attached hydrogen (secondary N) is 6. The van der Waals surface area contributed by atoms with Gasteiger partial charge in [0, 0.05) is 51.9 Å². The molecule has 0 rings (SSSR count). The summed E-state index contributed by atoms with van der Waals surface area (Å²) in [5.41, 5.74) is 0. The smallest absolute Gasteiger partial charge is 0.326 e. The summed E-state index contributed by atoms with van der Waals surface area (Å²) >= 11 is 3.05. The summed E-state index contributed by atoms with van der Waals surface area (Å²) in [5.74, 6) is -2.39. The Balaban J connectivity index is 3.85. The topological polar surface area (TPSA) is 286 Å². The van der Waals surface area contributed by atoms with E-state index < -0.39 is 24.0 Å². The van der Waals surface area contributed by atoms with Gasteiger partial charge in [-0.1, -0.05) is 91.9 Å². The van der Waals surface area contributed by atoms with Crippen molar-refractivity contribution >= 4 is 70.9 Å². The van der Waals surface area contributed by atoms with E-state index in [1.807, 2.05) is 27.7 Å². The Morgan fingerprint density at radius 3 is 1.30 bits per heavy atom. The molecule has 2 atom stereocenters. The Kier molecular flexibility index (Phi) is 46.7. The Bertz CT molecular complexity index is 1500. The van der Waals surface area contributed by atoms with Crippen LogP contribution in [0.1, 0.15) is 163 Å². The van der Waals surface area contributed by atoms with Gasteiger partial charge in [-0.25, -0.2) is 4.79 Å². The number of carbonyl (C=O) groups excluding carboxylic acids is 6. The van der Waals surface area contributed by atoms with Gasteiger partial charge in [0.1, 0.15) is 12.1 Å². The fourth-order valence-corrected chi connectivity index (χ4v) is 8.07. The molecule has 73 heavy (non-hydrogen) atoms. The monoisotopic (exact) mass is 1080 g/mol. The van der Waals surface area contributed by atoms with Crippen LogP contribution in [0.4, 0.5) is 0 Å². The standard InChI is InChI=1S/C51H94N6O14S2/c1-40(2)72-38-47(61)53-27-19-21-42(56-48(62)39-73-41(3)4)50(65)55-29-33-71-37-35-69-31-25-45(59)54-28-32-70-36-34-68-30-24-44(58)52-26-18-17-20-43(51(66)67)57-46(60)22-15-13-11-9-7-5-6-8-10-12-14-16-23-49(63)64/h40-43H,5-39H2,1-4H3,(H,52,58)(H,53,61)(H,54,59)(H,55,65)(H,56,62)(H,57,60)(H,63,64)(H,66,67)/t42-,43-/m0/s1. The van der Waals surface area contributed by atoms with Crippen LogP contribution in [0.3, 0.4) is 0 Å². The molecule has 0 aliphatic carbocycles. The highest BCUT2D eigenvalue weighted by Crippen LogP contribution is 2.14. The number of carbonyl (C=O) groups is 8. The number of carboxylic acid groups (broad SMARTS) is 2. The summed E-state index contributed by atoms with van der Waals surface area (Å²) < 4.78 is 21.9. The van der Waals surface area contributed by atoms with Gasteiger partial charge in [0.05, 0.1) is 64.4 Å². The van der Waals surface area contributed by atoms with E-state index in [-0.39, 0.29) is 125 Å². The molecule has 0 aliphatic heterocycles. The van der Waals surface area contributed by atoms with Crippen molar-refractivity contribution in [2.75, 3.05) is 90.5 Å². The minimum Gasteiger partial charge on any atom is -0.481 e. The quantitative estimate of drug-likeness (QED) is 0.0367. The van der Waals surface area contributed by atoms with Crippen molar-refractivity contribution in [3.8, 4) is 0 Å². The molecule has 6 amide bonds. The summed E-state index contributed by atoms with van der Waals surface area (Å²) in [5, 5.41) is 35.5. The minimum absolute atomic E-state index is 0.0570. The number of hydrogen-bond donors (Lipinski definition) is 8. The third kappa shape index (κ3) is 49.0. The largest absolute Gasteiger partial charge is 0.481 e. The number of hydrogen-bond acceptors (Lipinski definition) is 14. The minimum atomic E-state index is -1.07. The lowest BCUT2D eigenvalue weighted by Gasteiger charge is -2.19. The first-order valence-electron chi connectivity index (χ1n) is 26.8. The van der Waals surface area contributed by atoms with Gasteiger partial charge in [-0.05, 0) is 55.4 Å². The number of thioether (sulfide) groups is 2. The number of aliphatic carboxylic acids is 2. The van der Waals surface area contributed by atoms with Crippen molar-refractivity contribution in [1.82, 2.24) is 31.9 Å². The third-order valence-corrected chi connectivity index (χ3v) is 13.2. The predicted octanol–water partition coefficient (Wildman–Crippen LogP) is 5.13. The van der Waals surface area contributed by atoms with Crippen molar-refractivity contribution in [2.45, 2.75) is 185 Å². The van der Waals surface area contributed by atoms with Crippen LogP contribution in [0.5, 0.6) is 0 Å². The summed E-state index contributed by atoms with van der Waals surface area (Å²) in [4.78, 5) is 96.2. The van der Waals surface area contributed by atoms with Crippen LogP contribution >= 0.6 is 23.5 Å². The molecule has 0 aromatic rings. The molecule has 0 unspecified atom stereocenters. The second-order valence-electron chi connectivity index (χ2n) is 18.4. The van der Waals surface area contributed by atoms with Crippen LogP contribution in [0, 0.1) is 0 Å². The number of amides is 6. The zero-order valence-corrected chi connectivity index (χ0v) is 46.3. The molecule has 8 N–H and O–H groups in total. The lowest BCUT2D eigenvalue weighted by atomic mass is 10.0. The van der Waals surface area contributed by atoms with Crippen LogP contribution in [0.2, 0.25) is 0 Å². The van der Waals surface area contributed by atoms with Crippen LogP contribution in [0.15, 0.2) is 0 Å². The van der Waals surface area contributed by atoms with E-state index in [2.05, 4.69) is 31.9 Å². The Morgan fingerprint density at radius 1 is 0.384 bits per heavy atom. The molecule has 0 aromatic carbocycles. The van der Waals surface area contributed by atoms with Crippen molar-refractivity contribution < 1.29 is 67.5 Å². The molecular weight excluding hydrogens is 985 g/mol. The molecule has 0 aliphatic rings. The van der Waals surface area contributed by atoms with Crippen LogP contribution < -0.4 is 31.9 Å². The maximum atomic E-state index is 12.9. The van der Waals surface area contributed by atoms with Crippen molar-refractivity contribution in [3.05, 3.63) is 0 Å². The van der Waals surface area contributed by atoms with Crippen LogP contribution in [-0.4, -0.2) is 171 Å². The van der Waals surface area contributed by atoms with E-state index in [0.717, 1.165) is 57.8 Å². The zero-order chi connectivity index (χ0) is 54.2. The first-order chi connectivity index (χ1) is 35.1. The maximum absolute atomic E-state index is 12.9. The summed E-state index contributed by atoms with van der Waals surface area (Å²) in [6, 6.07) is -1.69. The zero-order valence-electron chi connectivity index (χ0n) is 44.7. The van der Waals surface area contributed by atoms with Gasteiger partial charge < -0.3 is 61.1 Å². The molecule has 424 valence electrons. The summed E-state index contributed by atoms with van der Waals surface area (Å²) in [6.45, 7) is 11.5. The van der Waals surface area contributed by atoms with Crippen molar-refractivity contribution in [1.29, 1.82) is 0 Å². The third-order valence-electron chi connectivity index (χ3n) is 11.0. The van der Waals surface area contributed by atoms with Gasteiger partial charge in [0.25, 0.3) is 0 Å². The summed E-state index contributed by atoms with van der Waals surface area (Å²) in [7, 11) is 0. The molecule has 22 heteroatoms. The normalized spacial score (nSPS) is 12.0. The maximum Gasteiger partial charge on any atom is 0.326 e. The number of ether oxygens (including phenoxy) is 4. The Morgan fingerprint density at radius 2 is 0.795 bits per heavy atom. The lowest BCUT2D eigenvalue weighted by Crippen LogP contribution is -2.48. The molecule has 0 aromatic heterocycles. The number of carboxylic acids is 2. The highest BCUT2D eigenvalue weighted by atomic mass is 32.2.